The third-order valence-electron chi connectivity index (χ3n) is 1.53. The van der Waals surface area contributed by atoms with Crippen molar-refractivity contribution < 1.29 is 14.7 Å². The minimum absolute atomic E-state index is 0.175. The van der Waals surface area contributed by atoms with E-state index >= 15 is 0 Å². The van der Waals surface area contributed by atoms with Crippen molar-refractivity contribution in [3.05, 3.63) is 28.2 Å². The fourth-order valence-electron chi connectivity index (χ4n) is 0.930. The van der Waals surface area contributed by atoms with Crippen LogP contribution in [0.1, 0.15) is 5.56 Å². The van der Waals surface area contributed by atoms with Crippen LogP contribution in [0.5, 0.6) is 5.75 Å². The standard InChI is InChI=1S/C9H9BrN2O3/c10-7-3-6(4-12-14)1-2-8(7)15-5-9(11)13/h1-4,14H,5H2,(H2,11,13). The van der Waals surface area contributed by atoms with Gasteiger partial charge in [0.15, 0.2) is 6.61 Å². The van der Waals surface area contributed by atoms with Gasteiger partial charge in [0.1, 0.15) is 5.75 Å². The molecule has 0 heterocycles. The molecule has 5 nitrogen and oxygen atoms in total. The van der Waals surface area contributed by atoms with Gasteiger partial charge in [0.05, 0.1) is 10.7 Å². The zero-order valence-electron chi connectivity index (χ0n) is 7.68. The van der Waals surface area contributed by atoms with Crippen LogP contribution >= 0.6 is 15.9 Å². The van der Waals surface area contributed by atoms with Crippen molar-refractivity contribution in [3.8, 4) is 5.75 Å². The number of hydrogen-bond acceptors (Lipinski definition) is 4. The summed E-state index contributed by atoms with van der Waals surface area (Å²) in [5.74, 6) is -0.0354. The van der Waals surface area contributed by atoms with Crippen molar-refractivity contribution in [1.29, 1.82) is 0 Å². The van der Waals surface area contributed by atoms with E-state index in [0.717, 1.165) is 0 Å². The smallest absolute Gasteiger partial charge is 0.255 e. The van der Waals surface area contributed by atoms with Gasteiger partial charge in [-0.15, -0.1) is 0 Å². The van der Waals surface area contributed by atoms with Crippen molar-refractivity contribution in [1.82, 2.24) is 0 Å². The van der Waals surface area contributed by atoms with E-state index in [1.165, 1.54) is 6.21 Å². The summed E-state index contributed by atoms with van der Waals surface area (Å²) >= 11 is 3.25. The summed E-state index contributed by atoms with van der Waals surface area (Å²) in [5.41, 5.74) is 5.64. The highest BCUT2D eigenvalue weighted by molar-refractivity contribution is 9.10. The van der Waals surface area contributed by atoms with Gasteiger partial charge in [0.2, 0.25) is 0 Å². The second-order valence-electron chi connectivity index (χ2n) is 2.69. The van der Waals surface area contributed by atoms with Crippen LogP contribution in [0.15, 0.2) is 27.8 Å². The molecule has 80 valence electrons. The molecule has 0 spiro atoms. The maximum atomic E-state index is 10.5. The number of ether oxygens (including phenoxy) is 1. The fraction of sp³-hybridized carbons (Fsp3) is 0.111. The van der Waals surface area contributed by atoms with Crippen molar-refractivity contribution in [2.75, 3.05) is 6.61 Å². The molecule has 0 unspecified atom stereocenters. The van der Waals surface area contributed by atoms with Gasteiger partial charge in [-0.25, -0.2) is 0 Å². The molecule has 0 fully saturated rings. The molecule has 0 aliphatic rings. The normalized spacial score (nSPS) is 10.5. The van der Waals surface area contributed by atoms with E-state index in [0.29, 0.717) is 15.8 Å². The lowest BCUT2D eigenvalue weighted by Gasteiger charge is -2.06. The van der Waals surface area contributed by atoms with E-state index in [1.54, 1.807) is 18.2 Å². The lowest BCUT2D eigenvalue weighted by atomic mass is 10.2. The Morgan fingerprint density at radius 3 is 2.93 bits per heavy atom. The number of carbonyl (C=O) groups excluding carboxylic acids is 1. The SMILES string of the molecule is NC(=O)COc1ccc(C=NO)cc1Br. The first-order chi connectivity index (χ1) is 7.13. The fourth-order valence-corrected chi connectivity index (χ4v) is 1.44. The zero-order chi connectivity index (χ0) is 11.3. The number of benzene rings is 1. The van der Waals surface area contributed by atoms with Crippen LogP contribution in [0.2, 0.25) is 0 Å². The number of amides is 1. The van der Waals surface area contributed by atoms with E-state index in [9.17, 15) is 4.79 Å². The Hall–Kier alpha value is -1.56. The monoisotopic (exact) mass is 272 g/mol. The summed E-state index contributed by atoms with van der Waals surface area (Å²) in [6.07, 6.45) is 1.28. The summed E-state index contributed by atoms with van der Waals surface area (Å²) in [4.78, 5) is 10.5. The molecule has 0 atom stereocenters. The lowest BCUT2D eigenvalue weighted by Crippen LogP contribution is -2.20. The number of nitrogens with zero attached hydrogens (tertiary/aromatic N) is 1. The molecular weight excluding hydrogens is 264 g/mol. The Morgan fingerprint density at radius 1 is 1.67 bits per heavy atom. The molecule has 0 saturated heterocycles. The molecule has 3 N–H and O–H groups in total. The van der Waals surface area contributed by atoms with Crippen LogP contribution in [-0.2, 0) is 4.79 Å². The molecule has 1 amide bonds. The maximum Gasteiger partial charge on any atom is 0.255 e. The van der Waals surface area contributed by atoms with Gasteiger partial charge in [-0.3, -0.25) is 4.79 Å². The van der Waals surface area contributed by atoms with E-state index in [4.69, 9.17) is 15.7 Å². The topological polar surface area (TPSA) is 84.9 Å². The molecule has 1 rings (SSSR count). The summed E-state index contributed by atoms with van der Waals surface area (Å²) in [6, 6.07) is 5.01. The Bertz CT molecular complexity index is 393. The van der Waals surface area contributed by atoms with Crippen molar-refractivity contribution in [3.63, 3.8) is 0 Å². The van der Waals surface area contributed by atoms with Gasteiger partial charge in [-0.05, 0) is 39.7 Å². The van der Waals surface area contributed by atoms with E-state index < -0.39 is 5.91 Å². The predicted molar refractivity (Wildman–Crippen MR) is 58.2 cm³/mol. The molecule has 15 heavy (non-hydrogen) atoms. The average Bonchev–Trinajstić information content (AvgIpc) is 2.17. The summed E-state index contributed by atoms with van der Waals surface area (Å²) < 4.78 is 5.76. The Labute approximate surface area is 94.7 Å². The Kier molecular flexibility index (Phi) is 4.11. The molecule has 0 saturated carbocycles. The average molecular weight is 273 g/mol. The van der Waals surface area contributed by atoms with Crippen molar-refractivity contribution in [2.24, 2.45) is 10.9 Å². The van der Waals surface area contributed by atoms with Crippen LogP contribution in [-0.4, -0.2) is 23.9 Å². The summed E-state index contributed by atoms with van der Waals surface area (Å²) in [5, 5.41) is 11.2. The molecule has 1 aromatic carbocycles. The van der Waals surface area contributed by atoms with E-state index in [2.05, 4.69) is 21.1 Å². The molecule has 0 aromatic heterocycles. The molecule has 6 heteroatoms. The number of rotatable bonds is 4. The number of primary amides is 1. The second kappa shape index (κ2) is 5.35. The summed E-state index contributed by atoms with van der Waals surface area (Å²) in [6.45, 7) is -0.175. The third-order valence-corrected chi connectivity index (χ3v) is 2.15. The van der Waals surface area contributed by atoms with Crippen LogP contribution in [0.3, 0.4) is 0 Å². The van der Waals surface area contributed by atoms with Gasteiger partial charge in [0.25, 0.3) is 5.91 Å². The van der Waals surface area contributed by atoms with Crippen LogP contribution in [0.25, 0.3) is 0 Å². The van der Waals surface area contributed by atoms with Gasteiger partial charge < -0.3 is 15.7 Å². The van der Waals surface area contributed by atoms with Gasteiger partial charge >= 0.3 is 0 Å². The highest BCUT2D eigenvalue weighted by atomic mass is 79.9. The summed E-state index contributed by atoms with van der Waals surface area (Å²) in [7, 11) is 0. The zero-order valence-corrected chi connectivity index (χ0v) is 9.27. The first-order valence-electron chi connectivity index (χ1n) is 4.01. The molecule has 0 aliphatic carbocycles. The highest BCUT2D eigenvalue weighted by Crippen LogP contribution is 2.25. The minimum Gasteiger partial charge on any atom is -0.483 e. The molecular formula is C9H9BrN2O3. The quantitative estimate of drug-likeness (QED) is 0.489. The third kappa shape index (κ3) is 3.59. The minimum atomic E-state index is -0.539. The number of nitrogens with two attached hydrogens (primary N) is 1. The van der Waals surface area contributed by atoms with E-state index in [1.807, 2.05) is 0 Å². The van der Waals surface area contributed by atoms with Crippen molar-refractivity contribution in [2.45, 2.75) is 0 Å². The maximum absolute atomic E-state index is 10.5. The Morgan fingerprint density at radius 2 is 2.40 bits per heavy atom. The molecule has 0 bridgehead atoms. The highest BCUT2D eigenvalue weighted by Gasteiger charge is 2.03. The molecule has 0 aliphatic heterocycles. The first kappa shape index (κ1) is 11.5. The van der Waals surface area contributed by atoms with Crippen LogP contribution in [0.4, 0.5) is 0 Å². The van der Waals surface area contributed by atoms with Gasteiger partial charge in [0, 0.05) is 0 Å². The predicted octanol–water partition coefficient (Wildman–Crippen LogP) is 1.12. The molecule has 0 radical (unpaired) electrons. The number of halogens is 1. The first-order valence-corrected chi connectivity index (χ1v) is 4.81. The van der Waals surface area contributed by atoms with Crippen LogP contribution < -0.4 is 10.5 Å². The lowest BCUT2D eigenvalue weighted by molar-refractivity contribution is -0.119. The van der Waals surface area contributed by atoms with Crippen LogP contribution in [0, 0.1) is 0 Å². The largest absolute Gasteiger partial charge is 0.483 e. The van der Waals surface area contributed by atoms with Gasteiger partial charge in [-0.1, -0.05) is 5.16 Å². The second-order valence-corrected chi connectivity index (χ2v) is 3.54. The molecule has 1 aromatic rings. The Balaban J connectivity index is 2.78. The van der Waals surface area contributed by atoms with Gasteiger partial charge in [-0.2, -0.15) is 0 Å². The number of hydrogen-bond donors (Lipinski definition) is 2. The van der Waals surface area contributed by atoms with Crippen molar-refractivity contribution >= 4 is 28.1 Å². The van der Waals surface area contributed by atoms with E-state index in [-0.39, 0.29) is 6.61 Å². The number of oxime groups is 1. The number of carbonyl (C=O) groups is 1.